The van der Waals surface area contributed by atoms with Crippen LogP contribution in [0.1, 0.15) is 34.1 Å². The lowest BCUT2D eigenvalue weighted by molar-refractivity contribution is -0.119. The topological polar surface area (TPSA) is 82.6 Å². The molecule has 1 aliphatic heterocycles. The first-order valence-electron chi connectivity index (χ1n) is 7.37. The smallest absolute Gasteiger partial charge is 0.255 e. The fourth-order valence-electron chi connectivity index (χ4n) is 2.23. The van der Waals surface area contributed by atoms with Gasteiger partial charge in [0.2, 0.25) is 6.41 Å². The number of carbonyl (C=O) groups excluding carboxylic acids is 3. The lowest BCUT2D eigenvalue weighted by Crippen LogP contribution is -2.48. The maximum Gasteiger partial charge on any atom is 0.255 e. The van der Waals surface area contributed by atoms with E-state index in [1.165, 1.54) is 12.4 Å². The van der Waals surface area contributed by atoms with Crippen LogP contribution in [0.25, 0.3) is 0 Å². The minimum Gasteiger partial charge on any atom is -0.352 e. The molecule has 0 bridgehead atoms. The first-order chi connectivity index (χ1) is 10.7. The van der Waals surface area contributed by atoms with E-state index < -0.39 is 0 Å². The molecule has 0 aromatic carbocycles. The van der Waals surface area contributed by atoms with Gasteiger partial charge in [0, 0.05) is 45.1 Å². The Kier molecular flexibility index (Phi) is 5.46. The SMILES string of the molecule is CCCNC(=O)c1cncc(C(=O)N2CCN(C=O)CC2)c1. The third-order valence-electron chi connectivity index (χ3n) is 3.53. The summed E-state index contributed by atoms with van der Waals surface area (Å²) in [5, 5.41) is 2.76. The Morgan fingerprint density at radius 2 is 1.91 bits per heavy atom. The highest BCUT2D eigenvalue weighted by molar-refractivity contribution is 5.99. The highest BCUT2D eigenvalue weighted by atomic mass is 16.2. The summed E-state index contributed by atoms with van der Waals surface area (Å²) in [6.45, 7) is 4.59. The van der Waals surface area contributed by atoms with Gasteiger partial charge in [-0.05, 0) is 12.5 Å². The van der Waals surface area contributed by atoms with Crippen molar-refractivity contribution in [2.45, 2.75) is 13.3 Å². The Labute approximate surface area is 129 Å². The molecule has 1 saturated heterocycles. The van der Waals surface area contributed by atoms with E-state index in [2.05, 4.69) is 10.3 Å². The van der Waals surface area contributed by atoms with E-state index in [-0.39, 0.29) is 11.8 Å². The molecule has 7 nitrogen and oxygen atoms in total. The molecule has 7 heteroatoms. The van der Waals surface area contributed by atoms with Crippen LogP contribution in [0.3, 0.4) is 0 Å². The van der Waals surface area contributed by atoms with Gasteiger partial charge in [0.25, 0.3) is 11.8 Å². The molecule has 22 heavy (non-hydrogen) atoms. The number of amides is 3. The van der Waals surface area contributed by atoms with Gasteiger partial charge in [0.15, 0.2) is 0 Å². The van der Waals surface area contributed by atoms with E-state index in [1.807, 2.05) is 6.92 Å². The second kappa shape index (κ2) is 7.53. The Bertz CT molecular complexity index is 553. The number of rotatable bonds is 5. The predicted molar refractivity (Wildman–Crippen MR) is 80.4 cm³/mol. The summed E-state index contributed by atoms with van der Waals surface area (Å²) in [4.78, 5) is 42.3. The molecular formula is C15H20N4O3. The Morgan fingerprint density at radius 1 is 1.23 bits per heavy atom. The number of hydrogen-bond acceptors (Lipinski definition) is 4. The van der Waals surface area contributed by atoms with Crippen molar-refractivity contribution in [3.63, 3.8) is 0 Å². The van der Waals surface area contributed by atoms with Crippen LogP contribution in [0.2, 0.25) is 0 Å². The average Bonchev–Trinajstić information content (AvgIpc) is 2.59. The van der Waals surface area contributed by atoms with E-state index in [9.17, 15) is 14.4 Å². The van der Waals surface area contributed by atoms with Gasteiger partial charge >= 0.3 is 0 Å². The molecule has 1 fully saturated rings. The Hall–Kier alpha value is -2.44. The fourth-order valence-corrected chi connectivity index (χ4v) is 2.23. The van der Waals surface area contributed by atoms with Gasteiger partial charge in [-0.25, -0.2) is 0 Å². The summed E-state index contributed by atoms with van der Waals surface area (Å²) in [6, 6.07) is 1.56. The number of hydrogen-bond donors (Lipinski definition) is 1. The van der Waals surface area contributed by atoms with Gasteiger partial charge in [-0.3, -0.25) is 19.4 Å². The quantitative estimate of drug-likeness (QED) is 0.784. The summed E-state index contributed by atoms with van der Waals surface area (Å²) in [7, 11) is 0. The lowest BCUT2D eigenvalue weighted by Gasteiger charge is -2.32. The van der Waals surface area contributed by atoms with Crippen LogP contribution in [0.4, 0.5) is 0 Å². The molecule has 1 aliphatic rings. The molecule has 0 radical (unpaired) electrons. The maximum absolute atomic E-state index is 12.4. The molecule has 0 saturated carbocycles. The van der Waals surface area contributed by atoms with Crippen LogP contribution in [0.15, 0.2) is 18.5 Å². The Balaban J connectivity index is 2.04. The number of nitrogens with one attached hydrogen (secondary N) is 1. The van der Waals surface area contributed by atoms with Gasteiger partial charge in [0.05, 0.1) is 11.1 Å². The van der Waals surface area contributed by atoms with Crippen molar-refractivity contribution < 1.29 is 14.4 Å². The zero-order valence-corrected chi connectivity index (χ0v) is 12.6. The molecule has 0 atom stereocenters. The number of carbonyl (C=O) groups is 3. The molecule has 1 aromatic rings. The van der Waals surface area contributed by atoms with Crippen molar-refractivity contribution >= 4 is 18.2 Å². The third-order valence-corrected chi connectivity index (χ3v) is 3.53. The van der Waals surface area contributed by atoms with Gasteiger partial charge in [-0.1, -0.05) is 6.92 Å². The van der Waals surface area contributed by atoms with Crippen LogP contribution in [0, 0.1) is 0 Å². The standard InChI is InChI=1S/C15H20N4O3/c1-2-3-17-14(21)12-8-13(10-16-9-12)15(22)19-6-4-18(11-20)5-7-19/h8-11H,2-7H2,1H3,(H,17,21). The van der Waals surface area contributed by atoms with Crippen molar-refractivity contribution in [3.8, 4) is 0 Å². The van der Waals surface area contributed by atoms with Crippen LogP contribution in [-0.2, 0) is 4.79 Å². The Morgan fingerprint density at radius 3 is 2.55 bits per heavy atom. The van der Waals surface area contributed by atoms with Crippen molar-refractivity contribution in [2.75, 3.05) is 32.7 Å². The van der Waals surface area contributed by atoms with E-state index in [0.717, 1.165) is 12.8 Å². The molecule has 3 amide bonds. The number of nitrogens with zero attached hydrogens (tertiary/aromatic N) is 3. The number of pyridine rings is 1. The van der Waals surface area contributed by atoms with Crippen molar-refractivity contribution in [1.82, 2.24) is 20.1 Å². The zero-order chi connectivity index (χ0) is 15.9. The molecule has 2 rings (SSSR count). The first kappa shape index (κ1) is 15.9. The first-order valence-corrected chi connectivity index (χ1v) is 7.37. The summed E-state index contributed by atoms with van der Waals surface area (Å²) in [5.74, 6) is -0.391. The van der Waals surface area contributed by atoms with Crippen LogP contribution in [-0.4, -0.2) is 65.7 Å². The summed E-state index contributed by atoms with van der Waals surface area (Å²) < 4.78 is 0. The second-order valence-corrected chi connectivity index (χ2v) is 5.15. The molecule has 0 unspecified atom stereocenters. The normalized spacial score (nSPS) is 14.6. The van der Waals surface area contributed by atoms with Crippen molar-refractivity contribution in [2.24, 2.45) is 0 Å². The van der Waals surface area contributed by atoms with Gasteiger partial charge < -0.3 is 15.1 Å². The highest BCUT2D eigenvalue weighted by Crippen LogP contribution is 2.09. The molecular weight excluding hydrogens is 284 g/mol. The summed E-state index contributed by atoms with van der Waals surface area (Å²) in [5.41, 5.74) is 0.773. The second-order valence-electron chi connectivity index (χ2n) is 5.15. The number of aromatic nitrogens is 1. The number of piperazine rings is 1. The summed E-state index contributed by atoms with van der Waals surface area (Å²) in [6.07, 6.45) is 4.55. The largest absolute Gasteiger partial charge is 0.352 e. The summed E-state index contributed by atoms with van der Waals surface area (Å²) >= 11 is 0. The van der Waals surface area contributed by atoms with Crippen molar-refractivity contribution in [1.29, 1.82) is 0 Å². The highest BCUT2D eigenvalue weighted by Gasteiger charge is 2.22. The van der Waals surface area contributed by atoms with Crippen LogP contribution in [0.5, 0.6) is 0 Å². The van der Waals surface area contributed by atoms with E-state index in [1.54, 1.807) is 15.9 Å². The minimum atomic E-state index is -0.227. The van der Waals surface area contributed by atoms with E-state index in [4.69, 9.17) is 0 Å². The van der Waals surface area contributed by atoms with Crippen LogP contribution >= 0.6 is 0 Å². The molecule has 1 N–H and O–H groups in total. The molecule has 0 aliphatic carbocycles. The van der Waals surface area contributed by atoms with Gasteiger partial charge in [-0.15, -0.1) is 0 Å². The molecule has 2 heterocycles. The van der Waals surface area contributed by atoms with Gasteiger partial charge in [0.1, 0.15) is 0 Å². The predicted octanol–water partition coefficient (Wildman–Crippen LogP) is 0.136. The lowest BCUT2D eigenvalue weighted by atomic mass is 10.1. The third kappa shape index (κ3) is 3.81. The van der Waals surface area contributed by atoms with E-state index >= 15 is 0 Å². The zero-order valence-electron chi connectivity index (χ0n) is 12.6. The minimum absolute atomic E-state index is 0.164. The molecule has 0 spiro atoms. The van der Waals surface area contributed by atoms with Crippen LogP contribution < -0.4 is 5.32 Å². The van der Waals surface area contributed by atoms with Gasteiger partial charge in [-0.2, -0.15) is 0 Å². The van der Waals surface area contributed by atoms with Crippen molar-refractivity contribution in [3.05, 3.63) is 29.6 Å². The molecule has 1 aromatic heterocycles. The fraction of sp³-hybridized carbons (Fsp3) is 0.467. The average molecular weight is 304 g/mol. The monoisotopic (exact) mass is 304 g/mol. The molecule has 118 valence electrons. The maximum atomic E-state index is 12.4. The van der Waals surface area contributed by atoms with E-state index in [0.29, 0.717) is 43.9 Å².